The van der Waals surface area contributed by atoms with Crippen molar-refractivity contribution in [1.82, 2.24) is 0 Å². The Bertz CT molecular complexity index is 3330. The first-order chi connectivity index (χ1) is 32.1. The second kappa shape index (κ2) is 18.1. The Morgan fingerprint density at radius 3 is 1.78 bits per heavy atom. The van der Waals surface area contributed by atoms with Crippen LogP contribution < -0.4 is 19.3 Å². The lowest BCUT2D eigenvalue weighted by atomic mass is 9.80. The fourth-order valence-electron chi connectivity index (χ4n) is 9.52. The molecule has 3 aliphatic heterocycles. The van der Waals surface area contributed by atoms with Gasteiger partial charge in [-0.2, -0.15) is 8.42 Å². The van der Waals surface area contributed by atoms with Gasteiger partial charge in [0.25, 0.3) is 0 Å². The standard InChI is InChI=1S/C49H51N4O3S.C7H8O3S/c1-33-24-26-36(27-25-33)57(54,55)56-45-30-35(51(7)42-21-13-11-19-38(42)45)17-15-23-47-49(4,5)40-32-43-39(31-44(40)53(47)9)48(2,3)46(52(43)8)22-14-16-34-28-29-50(6)41-20-12-10-18-37(34)41;1-6-2-4-7(5-3-6)11(8,9)10/h10-32,35H,1-9H3;2-5H,1H3,(H,8,9,10)/q+1;/p-1. The lowest BCUT2D eigenvalue weighted by Crippen LogP contribution is -2.32. The summed E-state index contributed by atoms with van der Waals surface area (Å²) in [5.41, 5.74) is 13.0. The zero-order valence-electron chi connectivity index (χ0n) is 40.2. The number of benzene rings is 5. The van der Waals surface area contributed by atoms with Crippen molar-refractivity contribution in [2.24, 2.45) is 7.05 Å². The number of likely N-dealkylation sites (N-methyl/N-ethyl adjacent to an activating group) is 3. The van der Waals surface area contributed by atoms with Gasteiger partial charge in [-0.1, -0.05) is 112 Å². The van der Waals surface area contributed by atoms with Crippen LogP contribution in [0.2, 0.25) is 0 Å². The number of rotatable bonds is 8. The number of aryl methyl sites for hydroxylation is 3. The number of anilines is 3. The van der Waals surface area contributed by atoms with Crippen molar-refractivity contribution < 1.29 is 30.1 Å². The predicted octanol–water partition coefficient (Wildman–Crippen LogP) is 10.6. The van der Waals surface area contributed by atoms with Gasteiger partial charge in [0.2, 0.25) is 5.52 Å². The Kier molecular flexibility index (Phi) is 12.7. The zero-order chi connectivity index (χ0) is 48.9. The molecule has 12 heteroatoms. The number of aromatic nitrogens is 1. The first-order valence-electron chi connectivity index (χ1n) is 22.5. The second-order valence-electron chi connectivity index (χ2n) is 18.8. The van der Waals surface area contributed by atoms with Gasteiger partial charge in [-0.05, 0) is 103 Å². The molecule has 0 saturated heterocycles. The number of nitrogens with zero attached hydrogens (tertiary/aromatic N) is 4. The van der Waals surface area contributed by atoms with Crippen molar-refractivity contribution in [2.45, 2.75) is 68.2 Å². The van der Waals surface area contributed by atoms with E-state index in [2.05, 4.69) is 153 Å². The van der Waals surface area contributed by atoms with E-state index in [1.807, 2.05) is 51.2 Å². The third kappa shape index (κ3) is 9.03. The topological polar surface area (TPSA) is 114 Å². The van der Waals surface area contributed by atoms with Gasteiger partial charge in [-0.15, -0.1) is 0 Å². The minimum absolute atomic E-state index is 0.129. The van der Waals surface area contributed by atoms with E-state index in [0.717, 1.165) is 22.4 Å². The Hall–Kier alpha value is -6.73. The molecule has 4 heterocycles. The van der Waals surface area contributed by atoms with Gasteiger partial charge in [0, 0.05) is 78.1 Å². The van der Waals surface area contributed by atoms with Crippen LogP contribution in [0.25, 0.3) is 22.7 Å². The van der Waals surface area contributed by atoms with Crippen LogP contribution in [-0.4, -0.2) is 48.6 Å². The molecule has 0 fully saturated rings. The summed E-state index contributed by atoms with van der Waals surface area (Å²) >= 11 is 0. The van der Waals surface area contributed by atoms with Crippen molar-refractivity contribution in [1.29, 1.82) is 0 Å². The molecule has 6 aromatic rings. The molecule has 0 aliphatic carbocycles. The number of hydrogen-bond acceptors (Lipinski definition) is 9. The number of para-hydroxylation sites is 2. The molecule has 350 valence electrons. The van der Waals surface area contributed by atoms with Crippen molar-refractivity contribution >= 4 is 60.0 Å². The molecule has 5 aromatic carbocycles. The molecule has 3 aliphatic rings. The van der Waals surface area contributed by atoms with Crippen LogP contribution in [0, 0.1) is 13.8 Å². The van der Waals surface area contributed by atoms with Gasteiger partial charge in [0.05, 0.1) is 16.3 Å². The van der Waals surface area contributed by atoms with Gasteiger partial charge < -0.3 is 23.4 Å². The van der Waals surface area contributed by atoms with Gasteiger partial charge >= 0.3 is 10.1 Å². The number of fused-ring (bicyclic) bond motifs is 4. The van der Waals surface area contributed by atoms with Crippen LogP contribution in [0.3, 0.4) is 0 Å². The first kappa shape index (κ1) is 47.8. The molecule has 10 nitrogen and oxygen atoms in total. The minimum atomic E-state index is -4.27. The van der Waals surface area contributed by atoms with E-state index in [-0.39, 0.29) is 26.7 Å². The van der Waals surface area contributed by atoms with Gasteiger partial charge in [0.15, 0.2) is 12.0 Å². The summed E-state index contributed by atoms with van der Waals surface area (Å²) in [6.07, 6.45) is 17.0. The van der Waals surface area contributed by atoms with E-state index in [0.29, 0.717) is 5.76 Å². The maximum atomic E-state index is 13.4. The summed E-state index contributed by atoms with van der Waals surface area (Å²) in [5, 5.41) is 1.23. The molecule has 1 aromatic heterocycles. The van der Waals surface area contributed by atoms with E-state index < -0.39 is 20.2 Å². The number of hydrogen-bond donors (Lipinski definition) is 0. The largest absolute Gasteiger partial charge is 0.744 e. The zero-order valence-corrected chi connectivity index (χ0v) is 41.9. The molecule has 0 radical (unpaired) electrons. The van der Waals surface area contributed by atoms with Crippen molar-refractivity contribution in [3.63, 3.8) is 0 Å². The maximum Gasteiger partial charge on any atom is 0.339 e. The Morgan fingerprint density at radius 1 is 0.662 bits per heavy atom. The van der Waals surface area contributed by atoms with Crippen molar-refractivity contribution in [2.75, 3.05) is 35.8 Å². The number of pyridine rings is 1. The predicted molar refractivity (Wildman–Crippen MR) is 274 cm³/mol. The van der Waals surface area contributed by atoms with Crippen LogP contribution in [0.1, 0.15) is 61.1 Å². The quantitative estimate of drug-likeness (QED) is 0.0836. The van der Waals surface area contributed by atoms with Crippen LogP contribution in [0.5, 0.6) is 0 Å². The third-order valence-electron chi connectivity index (χ3n) is 13.5. The molecule has 0 spiro atoms. The van der Waals surface area contributed by atoms with Crippen molar-refractivity contribution in [3.8, 4) is 0 Å². The van der Waals surface area contributed by atoms with Crippen LogP contribution >= 0.6 is 0 Å². The highest BCUT2D eigenvalue weighted by atomic mass is 32.2. The van der Waals surface area contributed by atoms with E-state index in [4.69, 9.17) is 4.18 Å². The molecular weight excluding hydrogens is 889 g/mol. The Labute approximate surface area is 402 Å². The third-order valence-corrected chi connectivity index (χ3v) is 15.6. The summed E-state index contributed by atoms with van der Waals surface area (Å²) in [7, 11) is 0.134. The second-order valence-corrected chi connectivity index (χ2v) is 21.7. The number of allylic oxidation sites excluding steroid dienone is 6. The summed E-state index contributed by atoms with van der Waals surface area (Å²) in [6.45, 7) is 13.0. The lowest BCUT2D eigenvalue weighted by molar-refractivity contribution is -0.644. The van der Waals surface area contributed by atoms with Gasteiger partial charge in [-0.3, -0.25) is 0 Å². The summed E-state index contributed by atoms with van der Waals surface area (Å²) in [5.74, 6) is 0.324. The normalized spacial score (nSPS) is 18.5. The fourth-order valence-corrected chi connectivity index (χ4v) is 10.9. The average Bonchev–Trinajstić information content (AvgIpc) is 3.60. The first-order valence-corrected chi connectivity index (χ1v) is 25.3. The molecule has 0 saturated carbocycles. The SMILES string of the molecule is Cc1ccc(S(=O)(=O)OC2=CC(C=CC=C3N(C)c4cc5c(cc4C3(C)C)N(C)C(=CC=Cc3cc[n+](C)c4ccccc34)C5(C)C)N(C)c3ccccc32)cc1.Cc1ccc(S(=O)(=O)[O-])cc1. The highest BCUT2D eigenvalue weighted by molar-refractivity contribution is 7.87. The highest BCUT2D eigenvalue weighted by Gasteiger charge is 2.44. The molecule has 68 heavy (non-hydrogen) atoms. The molecule has 1 unspecified atom stereocenters. The summed E-state index contributed by atoms with van der Waals surface area (Å²) in [6, 6.07) is 35.5. The molecule has 9 rings (SSSR count). The van der Waals surface area contributed by atoms with Gasteiger partial charge in [0.1, 0.15) is 22.1 Å². The van der Waals surface area contributed by atoms with Gasteiger partial charge in [-0.25, -0.2) is 13.0 Å². The highest BCUT2D eigenvalue weighted by Crippen LogP contribution is 2.55. The molecule has 0 amide bonds. The Balaban J connectivity index is 0.000000501. The monoisotopic (exact) mass is 946 g/mol. The van der Waals surface area contributed by atoms with E-state index in [9.17, 15) is 21.4 Å². The average molecular weight is 947 g/mol. The molecule has 0 bridgehead atoms. The molecule has 0 N–H and O–H groups in total. The van der Waals surface area contributed by atoms with Crippen molar-refractivity contribution in [3.05, 3.63) is 203 Å². The van der Waals surface area contributed by atoms with E-state index in [1.54, 1.807) is 36.4 Å². The van der Waals surface area contributed by atoms with E-state index >= 15 is 0 Å². The van der Waals surface area contributed by atoms with Crippen LogP contribution in [0.15, 0.2) is 179 Å². The lowest BCUT2D eigenvalue weighted by Gasteiger charge is -2.32. The summed E-state index contributed by atoms with van der Waals surface area (Å²) in [4.78, 5) is 6.75. The maximum absolute atomic E-state index is 13.4. The fraction of sp³-hybridized carbons (Fsp3) is 0.232. The molecule has 1 atom stereocenters. The van der Waals surface area contributed by atoms with Crippen LogP contribution in [0.4, 0.5) is 17.1 Å². The molecular formula is C56H58N4O6S2. The smallest absolute Gasteiger partial charge is 0.339 e. The Morgan fingerprint density at radius 2 is 1.19 bits per heavy atom. The van der Waals surface area contributed by atoms with E-state index in [1.165, 1.54) is 62.5 Å². The summed E-state index contributed by atoms with van der Waals surface area (Å²) < 4.78 is 66.0. The minimum Gasteiger partial charge on any atom is -0.744 e. The van der Waals surface area contributed by atoms with Crippen LogP contribution in [-0.2, 0) is 42.3 Å².